The molecule has 0 aromatic heterocycles. The summed E-state index contributed by atoms with van der Waals surface area (Å²) in [5, 5.41) is 0. The molecule has 0 saturated carbocycles. The van der Waals surface area contributed by atoms with Crippen LogP contribution in [0.4, 0.5) is 0 Å². The van der Waals surface area contributed by atoms with Crippen LogP contribution in [0, 0.1) is 5.92 Å². The van der Waals surface area contributed by atoms with Crippen LogP contribution in [0.15, 0.2) is 36.0 Å². The quantitative estimate of drug-likeness (QED) is 0.578. The highest BCUT2D eigenvalue weighted by atomic mass is 14.2. The summed E-state index contributed by atoms with van der Waals surface area (Å²) in [4.78, 5) is 0. The SMILES string of the molecule is C=CC1=C(/C=C\C)CCC(C)C1. The lowest BCUT2D eigenvalue weighted by Crippen LogP contribution is -2.05. The molecule has 0 amide bonds. The summed E-state index contributed by atoms with van der Waals surface area (Å²) < 4.78 is 0. The molecule has 0 fully saturated rings. The van der Waals surface area contributed by atoms with Crippen molar-refractivity contribution >= 4 is 0 Å². The molecule has 0 nitrogen and oxygen atoms in total. The lowest BCUT2D eigenvalue weighted by atomic mass is 9.85. The first kappa shape index (κ1) is 9.31. The number of hydrogen-bond acceptors (Lipinski definition) is 0. The Morgan fingerprint density at radius 3 is 2.75 bits per heavy atom. The number of allylic oxidation sites excluding steroid dienone is 5. The van der Waals surface area contributed by atoms with Crippen LogP contribution in [-0.2, 0) is 0 Å². The van der Waals surface area contributed by atoms with E-state index in [1.807, 2.05) is 6.08 Å². The molecule has 12 heavy (non-hydrogen) atoms. The maximum absolute atomic E-state index is 3.86. The van der Waals surface area contributed by atoms with E-state index in [2.05, 4.69) is 32.6 Å². The van der Waals surface area contributed by atoms with Gasteiger partial charge >= 0.3 is 0 Å². The molecule has 0 spiro atoms. The molecule has 1 unspecified atom stereocenters. The summed E-state index contributed by atoms with van der Waals surface area (Å²) in [6, 6.07) is 0. The topological polar surface area (TPSA) is 0 Å². The van der Waals surface area contributed by atoms with Crippen molar-refractivity contribution in [3.05, 3.63) is 36.0 Å². The fraction of sp³-hybridized carbons (Fsp3) is 0.500. The van der Waals surface area contributed by atoms with Crippen LogP contribution in [0.2, 0.25) is 0 Å². The maximum Gasteiger partial charge on any atom is -0.0250 e. The first-order chi connectivity index (χ1) is 5.77. The molecule has 0 aliphatic heterocycles. The molecule has 1 atom stereocenters. The van der Waals surface area contributed by atoms with Gasteiger partial charge in [0.05, 0.1) is 0 Å². The van der Waals surface area contributed by atoms with Crippen molar-refractivity contribution in [1.82, 2.24) is 0 Å². The lowest BCUT2D eigenvalue weighted by Gasteiger charge is -2.21. The molecule has 0 heteroatoms. The zero-order valence-electron chi connectivity index (χ0n) is 8.14. The average molecular weight is 162 g/mol. The van der Waals surface area contributed by atoms with Crippen LogP contribution in [-0.4, -0.2) is 0 Å². The van der Waals surface area contributed by atoms with Crippen LogP contribution < -0.4 is 0 Å². The van der Waals surface area contributed by atoms with Gasteiger partial charge in [-0.3, -0.25) is 0 Å². The Bertz CT molecular complexity index is 218. The Balaban J connectivity index is 2.83. The van der Waals surface area contributed by atoms with Crippen molar-refractivity contribution in [3.8, 4) is 0 Å². The smallest absolute Gasteiger partial charge is 0.0250 e. The fourth-order valence-corrected chi connectivity index (χ4v) is 1.78. The van der Waals surface area contributed by atoms with Gasteiger partial charge in [-0.05, 0) is 43.3 Å². The molecule has 0 saturated heterocycles. The highest BCUT2D eigenvalue weighted by molar-refractivity contribution is 5.34. The molecule has 0 N–H and O–H groups in total. The lowest BCUT2D eigenvalue weighted by molar-refractivity contribution is 0.507. The van der Waals surface area contributed by atoms with Gasteiger partial charge < -0.3 is 0 Å². The highest BCUT2D eigenvalue weighted by Crippen LogP contribution is 2.30. The van der Waals surface area contributed by atoms with Gasteiger partial charge in [0.1, 0.15) is 0 Å². The Morgan fingerprint density at radius 2 is 2.17 bits per heavy atom. The van der Waals surface area contributed by atoms with E-state index < -0.39 is 0 Å². The van der Waals surface area contributed by atoms with Gasteiger partial charge in [0.15, 0.2) is 0 Å². The molecule has 0 bridgehead atoms. The number of rotatable bonds is 2. The van der Waals surface area contributed by atoms with Crippen LogP contribution in [0.25, 0.3) is 0 Å². The van der Waals surface area contributed by atoms with Crippen molar-refractivity contribution in [2.45, 2.75) is 33.1 Å². The molecule has 1 aliphatic rings. The summed E-state index contributed by atoms with van der Waals surface area (Å²) >= 11 is 0. The third kappa shape index (κ3) is 2.10. The standard InChI is InChI=1S/C12H18/c1-4-6-12-8-7-10(3)9-11(12)5-2/h4-6,10H,2,7-9H2,1,3H3/b6-4-. The second-order valence-electron chi connectivity index (χ2n) is 3.60. The zero-order valence-corrected chi connectivity index (χ0v) is 8.14. The normalized spacial score (nSPS) is 25.0. The second-order valence-corrected chi connectivity index (χ2v) is 3.60. The molecule has 0 radical (unpaired) electrons. The van der Waals surface area contributed by atoms with Crippen molar-refractivity contribution in [1.29, 1.82) is 0 Å². The maximum atomic E-state index is 3.86. The molecule has 66 valence electrons. The Morgan fingerprint density at radius 1 is 1.42 bits per heavy atom. The van der Waals surface area contributed by atoms with Gasteiger partial charge in [0.25, 0.3) is 0 Å². The summed E-state index contributed by atoms with van der Waals surface area (Å²) in [5.74, 6) is 0.840. The van der Waals surface area contributed by atoms with Gasteiger partial charge in [-0.15, -0.1) is 0 Å². The molecule has 1 rings (SSSR count). The van der Waals surface area contributed by atoms with Crippen molar-refractivity contribution in [2.75, 3.05) is 0 Å². The van der Waals surface area contributed by atoms with E-state index in [0.29, 0.717) is 0 Å². The van der Waals surface area contributed by atoms with E-state index >= 15 is 0 Å². The molecular weight excluding hydrogens is 144 g/mol. The van der Waals surface area contributed by atoms with Gasteiger partial charge in [-0.1, -0.05) is 31.7 Å². The van der Waals surface area contributed by atoms with E-state index in [9.17, 15) is 0 Å². The van der Waals surface area contributed by atoms with Gasteiger partial charge in [-0.25, -0.2) is 0 Å². The van der Waals surface area contributed by atoms with Gasteiger partial charge in [0, 0.05) is 0 Å². The highest BCUT2D eigenvalue weighted by Gasteiger charge is 2.13. The van der Waals surface area contributed by atoms with Crippen molar-refractivity contribution < 1.29 is 0 Å². The summed E-state index contributed by atoms with van der Waals surface area (Å²) in [5.41, 5.74) is 2.94. The monoisotopic (exact) mass is 162 g/mol. The Kier molecular flexibility index (Phi) is 3.33. The van der Waals surface area contributed by atoms with E-state index in [1.165, 1.54) is 30.4 Å². The van der Waals surface area contributed by atoms with Crippen molar-refractivity contribution in [3.63, 3.8) is 0 Å². The van der Waals surface area contributed by atoms with Gasteiger partial charge in [-0.2, -0.15) is 0 Å². The minimum absolute atomic E-state index is 0.840. The van der Waals surface area contributed by atoms with Crippen molar-refractivity contribution in [2.24, 2.45) is 5.92 Å². The third-order valence-electron chi connectivity index (χ3n) is 2.50. The molecule has 0 aromatic carbocycles. The van der Waals surface area contributed by atoms with E-state index in [-0.39, 0.29) is 0 Å². The summed E-state index contributed by atoms with van der Waals surface area (Å²) in [6.45, 7) is 8.25. The second kappa shape index (κ2) is 4.30. The first-order valence-corrected chi connectivity index (χ1v) is 4.75. The average Bonchev–Trinajstić information content (AvgIpc) is 2.08. The van der Waals surface area contributed by atoms with Gasteiger partial charge in [0.2, 0.25) is 0 Å². The fourth-order valence-electron chi connectivity index (χ4n) is 1.78. The van der Waals surface area contributed by atoms with E-state index in [1.54, 1.807) is 0 Å². The molecule has 0 heterocycles. The molecule has 0 aromatic rings. The van der Waals surface area contributed by atoms with Crippen LogP contribution in [0.3, 0.4) is 0 Å². The van der Waals surface area contributed by atoms with E-state index in [0.717, 1.165) is 5.92 Å². The van der Waals surface area contributed by atoms with Crippen LogP contribution in [0.1, 0.15) is 33.1 Å². The Hall–Kier alpha value is -0.780. The third-order valence-corrected chi connectivity index (χ3v) is 2.50. The minimum atomic E-state index is 0.840. The van der Waals surface area contributed by atoms with Crippen LogP contribution >= 0.6 is 0 Å². The minimum Gasteiger partial charge on any atom is -0.0988 e. The largest absolute Gasteiger partial charge is 0.0988 e. The van der Waals surface area contributed by atoms with E-state index in [4.69, 9.17) is 0 Å². The number of hydrogen-bond donors (Lipinski definition) is 0. The Labute approximate surface area is 75.7 Å². The summed E-state index contributed by atoms with van der Waals surface area (Å²) in [6.07, 6.45) is 10.1. The summed E-state index contributed by atoms with van der Waals surface area (Å²) in [7, 11) is 0. The zero-order chi connectivity index (χ0) is 8.97. The molecular formula is C12H18. The molecule has 1 aliphatic carbocycles. The predicted molar refractivity (Wildman–Crippen MR) is 55.1 cm³/mol. The van der Waals surface area contributed by atoms with Crippen LogP contribution in [0.5, 0.6) is 0 Å². The first-order valence-electron chi connectivity index (χ1n) is 4.75. The predicted octanol–water partition coefficient (Wildman–Crippen LogP) is 3.87.